The maximum atomic E-state index is 12.1. The monoisotopic (exact) mass is 301 g/mol. The quantitative estimate of drug-likeness (QED) is 0.925. The lowest BCUT2D eigenvalue weighted by Gasteiger charge is -2.23. The fraction of sp³-hybridized carbons (Fsp3) is 0.312. The largest absolute Gasteiger partial charge is 0.443 e. The second-order valence-corrected chi connectivity index (χ2v) is 5.86. The number of anilines is 1. The third kappa shape index (κ3) is 3.94. The number of hydrogen-bond acceptors (Lipinski definition) is 4. The fourth-order valence-electron chi connectivity index (χ4n) is 1.78. The number of rotatable bonds is 2. The summed E-state index contributed by atoms with van der Waals surface area (Å²) in [5, 5.41) is 0. The first-order valence-corrected chi connectivity index (χ1v) is 6.90. The van der Waals surface area contributed by atoms with Crippen LogP contribution >= 0.6 is 0 Å². The van der Waals surface area contributed by atoms with Gasteiger partial charge in [-0.2, -0.15) is 0 Å². The lowest BCUT2D eigenvalue weighted by Crippen LogP contribution is -2.35. The summed E-state index contributed by atoms with van der Waals surface area (Å²) in [4.78, 5) is 31.9. The third-order valence-corrected chi connectivity index (χ3v) is 2.78. The minimum absolute atomic E-state index is 0.139. The molecule has 1 heterocycles. The lowest BCUT2D eigenvalue weighted by atomic mass is 10.1. The molecule has 2 rings (SSSR count). The Morgan fingerprint density at radius 1 is 1.23 bits per heavy atom. The molecule has 0 fully saturated rings. The molecule has 0 saturated heterocycles. The Balaban J connectivity index is 2.34. The maximum Gasteiger partial charge on any atom is 0.416 e. The molecule has 0 spiro atoms. The molecular formula is C16H19N3O3. The first kappa shape index (κ1) is 15.8. The summed E-state index contributed by atoms with van der Waals surface area (Å²) in [6, 6.07) is 10.7. The van der Waals surface area contributed by atoms with Crippen molar-refractivity contribution in [2.45, 2.75) is 26.4 Å². The molecule has 0 atom stereocenters. The normalized spacial score (nSPS) is 11.1. The predicted octanol–water partition coefficient (Wildman–Crippen LogP) is 2.81. The molecule has 1 aromatic carbocycles. The van der Waals surface area contributed by atoms with Crippen molar-refractivity contribution in [3.8, 4) is 11.3 Å². The summed E-state index contributed by atoms with van der Waals surface area (Å²) in [6.45, 7) is 5.32. The number of H-pyrrole nitrogens is 1. The molecule has 0 aliphatic carbocycles. The number of carbonyl (C=O) groups excluding carboxylic acids is 1. The fourth-order valence-corrected chi connectivity index (χ4v) is 1.78. The number of carbonyl (C=O) groups is 1. The zero-order valence-electron chi connectivity index (χ0n) is 13.1. The van der Waals surface area contributed by atoms with Crippen LogP contribution in [0.1, 0.15) is 20.8 Å². The third-order valence-electron chi connectivity index (χ3n) is 2.78. The number of nitrogens with one attached hydrogen (secondary N) is 1. The maximum absolute atomic E-state index is 12.1. The number of hydrogen-bond donors (Lipinski definition) is 1. The number of nitrogens with zero attached hydrogens (tertiary/aromatic N) is 2. The molecular weight excluding hydrogens is 282 g/mol. The Morgan fingerprint density at radius 3 is 2.45 bits per heavy atom. The number of amides is 1. The van der Waals surface area contributed by atoms with Crippen LogP contribution in [0, 0.1) is 0 Å². The van der Waals surface area contributed by atoms with Gasteiger partial charge in [-0.3, -0.25) is 14.7 Å². The van der Waals surface area contributed by atoms with Crippen molar-refractivity contribution >= 4 is 12.0 Å². The van der Waals surface area contributed by atoms with Crippen LogP contribution in [-0.2, 0) is 4.74 Å². The van der Waals surface area contributed by atoms with Crippen LogP contribution in [0.3, 0.4) is 0 Å². The highest BCUT2D eigenvalue weighted by Gasteiger charge is 2.22. The number of ether oxygens (including phenoxy) is 1. The molecule has 0 radical (unpaired) electrons. The summed E-state index contributed by atoms with van der Waals surface area (Å²) >= 11 is 0. The van der Waals surface area contributed by atoms with Crippen molar-refractivity contribution in [3.05, 3.63) is 46.8 Å². The van der Waals surface area contributed by atoms with E-state index in [0.717, 1.165) is 5.56 Å². The molecule has 0 aliphatic heterocycles. The van der Waals surface area contributed by atoms with Gasteiger partial charge in [0.05, 0.1) is 5.69 Å². The summed E-state index contributed by atoms with van der Waals surface area (Å²) in [6.07, 6.45) is -0.583. The Morgan fingerprint density at radius 2 is 1.86 bits per heavy atom. The molecule has 1 amide bonds. The van der Waals surface area contributed by atoms with E-state index in [1.54, 1.807) is 20.8 Å². The molecule has 0 aliphatic rings. The van der Waals surface area contributed by atoms with Crippen molar-refractivity contribution in [2.75, 3.05) is 11.9 Å². The summed E-state index contributed by atoms with van der Waals surface area (Å²) in [7, 11) is 1.50. The van der Waals surface area contributed by atoms with Gasteiger partial charge >= 0.3 is 6.09 Å². The highest BCUT2D eigenvalue weighted by atomic mass is 16.6. The second kappa shape index (κ2) is 6.01. The first-order valence-electron chi connectivity index (χ1n) is 6.90. The van der Waals surface area contributed by atoms with E-state index in [2.05, 4.69) is 9.97 Å². The van der Waals surface area contributed by atoms with E-state index in [-0.39, 0.29) is 11.5 Å². The molecule has 1 N–H and O–H groups in total. The minimum Gasteiger partial charge on any atom is -0.443 e. The van der Waals surface area contributed by atoms with E-state index in [4.69, 9.17) is 4.74 Å². The van der Waals surface area contributed by atoms with Gasteiger partial charge in [0, 0.05) is 18.7 Å². The van der Waals surface area contributed by atoms with Gasteiger partial charge in [-0.25, -0.2) is 9.78 Å². The van der Waals surface area contributed by atoms with Gasteiger partial charge in [0.1, 0.15) is 5.60 Å². The molecule has 0 saturated carbocycles. The van der Waals surface area contributed by atoms with E-state index < -0.39 is 11.7 Å². The van der Waals surface area contributed by atoms with Crippen LogP contribution in [0.2, 0.25) is 0 Å². The molecule has 1 aromatic heterocycles. The minimum atomic E-state index is -0.622. The van der Waals surface area contributed by atoms with Crippen LogP contribution in [-0.4, -0.2) is 28.7 Å². The SMILES string of the molecule is CN(C(=O)OC(C)(C)C)c1nc(-c2ccccc2)cc(=O)[nH]1. The van der Waals surface area contributed by atoms with Gasteiger partial charge < -0.3 is 4.74 Å². The summed E-state index contributed by atoms with van der Waals surface area (Å²) < 4.78 is 5.26. The predicted molar refractivity (Wildman–Crippen MR) is 84.9 cm³/mol. The van der Waals surface area contributed by atoms with Gasteiger partial charge in [0.15, 0.2) is 0 Å². The zero-order valence-corrected chi connectivity index (χ0v) is 13.1. The van der Waals surface area contributed by atoms with Gasteiger partial charge in [-0.15, -0.1) is 0 Å². The van der Waals surface area contributed by atoms with Gasteiger partial charge in [0.25, 0.3) is 5.56 Å². The van der Waals surface area contributed by atoms with E-state index in [1.807, 2.05) is 30.3 Å². The van der Waals surface area contributed by atoms with E-state index in [1.165, 1.54) is 18.0 Å². The topological polar surface area (TPSA) is 75.3 Å². The standard InChI is InChI=1S/C16H19N3O3/c1-16(2,3)22-15(21)19(4)14-17-12(10-13(20)18-14)11-8-6-5-7-9-11/h5-10H,1-4H3,(H,17,18,20). The molecule has 22 heavy (non-hydrogen) atoms. The van der Waals surface area contributed by atoms with Gasteiger partial charge in [-0.05, 0) is 20.8 Å². The lowest BCUT2D eigenvalue weighted by molar-refractivity contribution is 0.0587. The van der Waals surface area contributed by atoms with Crippen molar-refractivity contribution in [2.24, 2.45) is 0 Å². The molecule has 6 nitrogen and oxygen atoms in total. The second-order valence-electron chi connectivity index (χ2n) is 5.86. The number of benzene rings is 1. The molecule has 0 bridgehead atoms. The molecule has 116 valence electrons. The van der Waals surface area contributed by atoms with E-state index in [0.29, 0.717) is 5.69 Å². The van der Waals surface area contributed by atoms with Crippen LogP contribution in [0.15, 0.2) is 41.2 Å². The Hall–Kier alpha value is -2.63. The van der Waals surface area contributed by atoms with Gasteiger partial charge in [-0.1, -0.05) is 30.3 Å². The highest BCUT2D eigenvalue weighted by Crippen LogP contribution is 2.18. The van der Waals surface area contributed by atoms with E-state index in [9.17, 15) is 9.59 Å². The van der Waals surface area contributed by atoms with Crippen LogP contribution in [0.25, 0.3) is 11.3 Å². The number of aromatic nitrogens is 2. The van der Waals surface area contributed by atoms with Crippen molar-refractivity contribution in [1.82, 2.24) is 9.97 Å². The average molecular weight is 301 g/mol. The summed E-state index contributed by atoms with van der Waals surface area (Å²) in [5.41, 5.74) is 0.337. The molecule has 2 aromatic rings. The van der Waals surface area contributed by atoms with Crippen LogP contribution in [0.5, 0.6) is 0 Å². The van der Waals surface area contributed by atoms with Crippen LogP contribution in [0.4, 0.5) is 10.7 Å². The Bertz CT molecular complexity index is 717. The van der Waals surface area contributed by atoms with Crippen LogP contribution < -0.4 is 10.5 Å². The highest BCUT2D eigenvalue weighted by molar-refractivity contribution is 5.85. The van der Waals surface area contributed by atoms with Crippen molar-refractivity contribution in [3.63, 3.8) is 0 Å². The molecule has 0 unspecified atom stereocenters. The first-order chi connectivity index (χ1) is 10.3. The Kier molecular flexibility index (Phi) is 4.30. The summed E-state index contributed by atoms with van der Waals surface area (Å²) in [5.74, 6) is 0.139. The smallest absolute Gasteiger partial charge is 0.416 e. The van der Waals surface area contributed by atoms with Crippen molar-refractivity contribution in [1.29, 1.82) is 0 Å². The van der Waals surface area contributed by atoms with Crippen molar-refractivity contribution < 1.29 is 9.53 Å². The number of aromatic amines is 1. The average Bonchev–Trinajstić information content (AvgIpc) is 2.45. The Labute approximate surface area is 128 Å². The van der Waals surface area contributed by atoms with Gasteiger partial charge in [0.2, 0.25) is 5.95 Å². The molecule has 6 heteroatoms. The van der Waals surface area contributed by atoms with E-state index >= 15 is 0 Å². The zero-order chi connectivity index (χ0) is 16.3.